The number of hydrogen-bond acceptors (Lipinski definition) is 4. The number of ether oxygens (including phenoxy) is 2. The molecule has 0 fully saturated rings. The summed E-state index contributed by atoms with van der Waals surface area (Å²) < 4.78 is 10.5. The van der Waals surface area contributed by atoms with E-state index >= 15 is 0 Å². The van der Waals surface area contributed by atoms with Crippen LogP contribution < -0.4 is 9.47 Å². The van der Waals surface area contributed by atoms with Gasteiger partial charge in [-0.15, -0.1) is 11.3 Å². The fourth-order valence-corrected chi connectivity index (χ4v) is 2.54. The van der Waals surface area contributed by atoms with Gasteiger partial charge in [0, 0.05) is 12.1 Å². The van der Waals surface area contributed by atoms with E-state index in [-0.39, 0.29) is 0 Å². The molecule has 3 rings (SSSR count). The van der Waals surface area contributed by atoms with E-state index in [1.165, 1.54) is 0 Å². The third-order valence-corrected chi connectivity index (χ3v) is 3.62. The molecule has 0 saturated carbocycles. The monoisotopic (exact) mass is 260 g/mol. The number of imidazole rings is 1. The number of nitrogens with zero attached hydrogens (tertiary/aromatic N) is 1. The Bertz CT molecular complexity index is 633. The lowest BCUT2D eigenvalue weighted by atomic mass is 10.3. The summed E-state index contributed by atoms with van der Waals surface area (Å²) in [4.78, 5) is 8.96. The van der Waals surface area contributed by atoms with Gasteiger partial charge in [0.2, 0.25) is 0 Å². The lowest BCUT2D eigenvalue weighted by molar-refractivity contribution is 0.356. The number of aromatic nitrogens is 2. The van der Waals surface area contributed by atoms with Crippen molar-refractivity contribution in [3.8, 4) is 22.2 Å². The predicted octanol–water partition coefficient (Wildman–Crippen LogP) is 3.31. The zero-order chi connectivity index (χ0) is 12.5. The molecule has 18 heavy (non-hydrogen) atoms. The van der Waals surface area contributed by atoms with Crippen LogP contribution >= 0.6 is 11.3 Å². The molecule has 1 aromatic carbocycles. The van der Waals surface area contributed by atoms with Crippen LogP contribution in [0.25, 0.3) is 21.7 Å². The van der Waals surface area contributed by atoms with Gasteiger partial charge in [-0.2, -0.15) is 0 Å². The van der Waals surface area contributed by atoms with E-state index in [9.17, 15) is 0 Å². The summed E-state index contributed by atoms with van der Waals surface area (Å²) in [5.74, 6) is 2.26. The molecule has 0 aliphatic carbocycles. The van der Waals surface area contributed by atoms with Crippen LogP contribution in [-0.2, 0) is 0 Å². The van der Waals surface area contributed by atoms with Gasteiger partial charge < -0.3 is 14.5 Å². The quantitative estimate of drug-likeness (QED) is 0.786. The van der Waals surface area contributed by atoms with Crippen molar-refractivity contribution in [2.45, 2.75) is 0 Å². The number of hydrogen-bond donors (Lipinski definition) is 1. The van der Waals surface area contributed by atoms with Gasteiger partial charge in [-0.3, -0.25) is 0 Å². The maximum Gasteiger partial charge on any atom is 0.163 e. The molecular weight excluding hydrogens is 248 g/mol. The first-order valence-electron chi connectivity index (χ1n) is 5.47. The van der Waals surface area contributed by atoms with E-state index in [2.05, 4.69) is 9.97 Å². The fourth-order valence-electron chi connectivity index (χ4n) is 1.87. The molecule has 4 nitrogen and oxygen atoms in total. The Kier molecular flexibility index (Phi) is 2.68. The first-order valence-corrected chi connectivity index (χ1v) is 6.35. The van der Waals surface area contributed by atoms with E-state index in [1.807, 2.05) is 29.6 Å². The number of benzene rings is 1. The molecular formula is C13H12N2O2S. The third kappa shape index (κ3) is 1.73. The molecule has 2 aromatic heterocycles. The van der Waals surface area contributed by atoms with Crippen molar-refractivity contribution in [1.82, 2.24) is 9.97 Å². The summed E-state index contributed by atoms with van der Waals surface area (Å²) in [7, 11) is 3.25. The van der Waals surface area contributed by atoms with E-state index in [0.717, 1.165) is 21.7 Å². The number of aromatic amines is 1. The highest BCUT2D eigenvalue weighted by Gasteiger charge is 2.11. The summed E-state index contributed by atoms with van der Waals surface area (Å²) in [6, 6.07) is 7.82. The van der Waals surface area contributed by atoms with Crippen LogP contribution in [0.15, 0.2) is 29.6 Å². The summed E-state index contributed by atoms with van der Waals surface area (Å²) in [6.45, 7) is 0. The highest BCUT2D eigenvalue weighted by molar-refractivity contribution is 7.13. The SMILES string of the molecule is COc1cc2nc(-c3cccs3)[nH]c2cc1OC. The second-order valence-corrected chi connectivity index (χ2v) is 4.73. The minimum absolute atomic E-state index is 0.689. The van der Waals surface area contributed by atoms with E-state index in [4.69, 9.17) is 9.47 Å². The van der Waals surface area contributed by atoms with Crippen molar-refractivity contribution < 1.29 is 9.47 Å². The van der Waals surface area contributed by atoms with Crippen LogP contribution in [0.3, 0.4) is 0 Å². The standard InChI is InChI=1S/C13H12N2O2S/c1-16-10-6-8-9(7-11(10)17-2)15-13(14-8)12-4-3-5-18-12/h3-7H,1-2H3,(H,14,15). The molecule has 3 aromatic rings. The third-order valence-electron chi connectivity index (χ3n) is 2.74. The topological polar surface area (TPSA) is 47.1 Å². The lowest BCUT2D eigenvalue weighted by Crippen LogP contribution is -1.89. The Hall–Kier alpha value is -2.01. The highest BCUT2D eigenvalue weighted by atomic mass is 32.1. The summed E-state index contributed by atoms with van der Waals surface area (Å²) in [5, 5.41) is 2.03. The number of methoxy groups -OCH3 is 2. The smallest absolute Gasteiger partial charge is 0.163 e. The average Bonchev–Trinajstić information content (AvgIpc) is 3.04. The Morgan fingerprint density at radius 2 is 1.94 bits per heavy atom. The lowest BCUT2D eigenvalue weighted by Gasteiger charge is -2.06. The Labute approximate surface area is 108 Å². The molecule has 0 saturated heterocycles. The number of H-pyrrole nitrogens is 1. The number of nitrogens with one attached hydrogen (secondary N) is 1. The number of rotatable bonds is 3. The average molecular weight is 260 g/mol. The maximum atomic E-state index is 5.27. The molecule has 0 radical (unpaired) electrons. The molecule has 92 valence electrons. The molecule has 0 bridgehead atoms. The molecule has 0 amide bonds. The van der Waals surface area contributed by atoms with Crippen molar-refractivity contribution in [3.05, 3.63) is 29.6 Å². The van der Waals surface area contributed by atoms with Crippen LogP contribution in [0.1, 0.15) is 0 Å². The Morgan fingerprint density at radius 1 is 1.17 bits per heavy atom. The highest BCUT2D eigenvalue weighted by Crippen LogP contribution is 2.33. The molecule has 0 aliphatic rings. The second-order valence-electron chi connectivity index (χ2n) is 3.79. The molecule has 1 N–H and O–H groups in total. The van der Waals surface area contributed by atoms with Gasteiger partial charge in [0.25, 0.3) is 0 Å². The van der Waals surface area contributed by atoms with E-state index in [0.29, 0.717) is 11.5 Å². The zero-order valence-electron chi connectivity index (χ0n) is 10.1. The van der Waals surface area contributed by atoms with Crippen LogP contribution in [0, 0.1) is 0 Å². The Morgan fingerprint density at radius 3 is 2.61 bits per heavy atom. The number of fused-ring (bicyclic) bond motifs is 1. The van der Waals surface area contributed by atoms with Gasteiger partial charge in [-0.05, 0) is 11.4 Å². The van der Waals surface area contributed by atoms with Gasteiger partial charge >= 0.3 is 0 Å². The predicted molar refractivity (Wildman–Crippen MR) is 72.5 cm³/mol. The van der Waals surface area contributed by atoms with Crippen molar-refractivity contribution in [2.75, 3.05) is 14.2 Å². The van der Waals surface area contributed by atoms with Crippen molar-refractivity contribution >= 4 is 22.4 Å². The normalized spacial score (nSPS) is 10.8. The summed E-state index contributed by atoms with van der Waals surface area (Å²) >= 11 is 1.65. The van der Waals surface area contributed by atoms with Crippen LogP contribution in [0.5, 0.6) is 11.5 Å². The summed E-state index contributed by atoms with van der Waals surface area (Å²) in [5.41, 5.74) is 1.81. The Balaban J connectivity index is 2.17. The van der Waals surface area contributed by atoms with E-state index < -0.39 is 0 Å². The molecule has 5 heteroatoms. The van der Waals surface area contributed by atoms with Crippen molar-refractivity contribution in [1.29, 1.82) is 0 Å². The van der Waals surface area contributed by atoms with Gasteiger partial charge in [0.1, 0.15) is 5.82 Å². The molecule has 0 atom stereocenters. The van der Waals surface area contributed by atoms with Crippen molar-refractivity contribution in [2.24, 2.45) is 0 Å². The minimum Gasteiger partial charge on any atom is -0.493 e. The molecule has 0 unspecified atom stereocenters. The fraction of sp³-hybridized carbons (Fsp3) is 0.154. The van der Waals surface area contributed by atoms with Gasteiger partial charge in [-0.25, -0.2) is 4.98 Å². The van der Waals surface area contributed by atoms with Crippen molar-refractivity contribution in [3.63, 3.8) is 0 Å². The summed E-state index contributed by atoms with van der Waals surface area (Å²) in [6.07, 6.45) is 0. The van der Waals surface area contributed by atoms with Crippen LogP contribution in [0.4, 0.5) is 0 Å². The van der Waals surface area contributed by atoms with Gasteiger partial charge in [0.15, 0.2) is 11.5 Å². The molecule has 2 heterocycles. The minimum atomic E-state index is 0.689. The van der Waals surface area contributed by atoms with E-state index in [1.54, 1.807) is 25.6 Å². The number of thiophene rings is 1. The molecule has 0 spiro atoms. The first kappa shape index (κ1) is 11.1. The maximum absolute atomic E-state index is 5.27. The zero-order valence-corrected chi connectivity index (χ0v) is 10.9. The van der Waals surface area contributed by atoms with Gasteiger partial charge in [-0.1, -0.05) is 6.07 Å². The van der Waals surface area contributed by atoms with Crippen LogP contribution in [-0.4, -0.2) is 24.2 Å². The van der Waals surface area contributed by atoms with Crippen LogP contribution in [0.2, 0.25) is 0 Å². The largest absolute Gasteiger partial charge is 0.493 e. The van der Waals surface area contributed by atoms with Gasteiger partial charge in [0.05, 0.1) is 30.1 Å². The molecule has 0 aliphatic heterocycles. The first-order chi connectivity index (χ1) is 8.81. The second kappa shape index (κ2) is 4.34.